The Labute approximate surface area is 119 Å². The molecule has 0 radical (unpaired) electrons. The minimum absolute atomic E-state index is 0.0359. The van der Waals surface area contributed by atoms with E-state index in [-0.39, 0.29) is 23.2 Å². The fourth-order valence-corrected chi connectivity index (χ4v) is 2.34. The lowest BCUT2D eigenvalue weighted by Gasteiger charge is -2.39. The van der Waals surface area contributed by atoms with Crippen LogP contribution >= 0.6 is 11.6 Å². The van der Waals surface area contributed by atoms with Crippen LogP contribution in [0.25, 0.3) is 0 Å². The molecule has 1 aliphatic rings. The standard InChI is InChI=1S/C13H14ClF3N2O/c14-9-3-2-8(13(15,16)17)6-10(9)19-11(20)12(7-18)4-1-5-12/h2-3,6H,1,4-5,7,18H2,(H,19,20). The number of hydrogen-bond donors (Lipinski definition) is 2. The minimum atomic E-state index is -4.48. The van der Waals surface area contributed by atoms with Crippen molar-refractivity contribution in [2.45, 2.75) is 25.4 Å². The summed E-state index contributed by atoms with van der Waals surface area (Å²) in [6, 6.07) is 2.83. The van der Waals surface area contributed by atoms with Gasteiger partial charge in [0.05, 0.1) is 21.7 Å². The molecule has 0 atom stereocenters. The molecule has 0 saturated heterocycles. The summed E-state index contributed by atoms with van der Waals surface area (Å²) in [5, 5.41) is 2.53. The van der Waals surface area contributed by atoms with Gasteiger partial charge in [0.15, 0.2) is 0 Å². The lowest BCUT2D eigenvalue weighted by atomic mass is 9.68. The molecule has 3 nitrogen and oxygen atoms in total. The summed E-state index contributed by atoms with van der Waals surface area (Å²) in [5.74, 6) is -0.368. The first kappa shape index (κ1) is 15.1. The number of nitrogens with two attached hydrogens (primary N) is 1. The molecule has 1 aliphatic carbocycles. The first-order valence-electron chi connectivity index (χ1n) is 6.17. The Morgan fingerprint density at radius 3 is 2.50 bits per heavy atom. The van der Waals surface area contributed by atoms with E-state index in [1.807, 2.05) is 0 Å². The van der Waals surface area contributed by atoms with Crippen LogP contribution in [0.4, 0.5) is 18.9 Å². The van der Waals surface area contributed by atoms with Crippen LogP contribution in [-0.4, -0.2) is 12.5 Å². The first-order chi connectivity index (χ1) is 9.28. The number of alkyl halides is 3. The molecule has 3 N–H and O–H groups in total. The normalized spacial score (nSPS) is 17.4. The van der Waals surface area contributed by atoms with Crippen molar-refractivity contribution in [2.24, 2.45) is 11.1 Å². The molecule has 0 heterocycles. The lowest BCUT2D eigenvalue weighted by Crippen LogP contribution is -2.47. The molecule has 0 bridgehead atoms. The molecule has 2 rings (SSSR count). The SMILES string of the molecule is NCC1(C(=O)Nc2cc(C(F)(F)F)ccc2Cl)CCC1. The number of amides is 1. The zero-order chi connectivity index (χ0) is 15.0. The number of halogens is 4. The quantitative estimate of drug-likeness (QED) is 0.899. The Kier molecular flexibility index (Phi) is 3.97. The van der Waals surface area contributed by atoms with Gasteiger partial charge in [-0.3, -0.25) is 4.79 Å². The number of benzene rings is 1. The average Bonchev–Trinajstić information content (AvgIpc) is 2.29. The summed E-state index contributed by atoms with van der Waals surface area (Å²) in [6.07, 6.45) is -2.30. The van der Waals surface area contributed by atoms with Crippen LogP contribution in [-0.2, 0) is 11.0 Å². The second-order valence-electron chi connectivity index (χ2n) is 4.98. The summed E-state index contributed by atoms with van der Waals surface area (Å²) < 4.78 is 37.9. The van der Waals surface area contributed by atoms with Crippen molar-refractivity contribution < 1.29 is 18.0 Å². The number of carbonyl (C=O) groups is 1. The third-order valence-electron chi connectivity index (χ3n) is 3.72. The molecule has 1 amide bonds. The van der Waals surface area contributed by atoms with Crippen molar-refractivity contribution in [1.82, 2.24) is 0 Å². The van der Waals surface area contributed by atoms with E-state index < -0.39 is 17.2 Å². The molecule has 1 aromatic rings. The molecule has 1 saturated carbocycles. The summed E-state index contributed by atoms with van der Waals surface area (Å²) in [4.78, 5) is 12.1. The molecule has 1 fully saturated rings. The van der Waals surface area contributed by atoms with Crippen LogP contribution in [0.2, 0.25) is 5.02 Å². The van der Waals surface area contributed by atoms with Gasteiger partial charge in [-0.05, 0) is 31.0 Å². The highest BCUT2D eigenvalue weighted by Gasteiger charge is 2.43. The molecule has 20 heavy (non-hydrogen) atoms. The van der Waals surface area contributed by atoms with Crippen LogP contribution in [0, 0.1) is 5.41 Å². The van der Waals surface area contributed by atoms with E-state index in [0.717, 1.165) is 24.6 Å². The number of hydrogen-bond acceptors (Lipinski definition) is 2. The topological polar surface area (TPSA) is 55.1 Å². The largest absolute Gasteiger partial charge is 0.416 e. The van der Waals surface area contributed by atoms with E-state index in [0.29, 0.717) is 12.8 Å². The second-order valence-corrected chi connectivity index (χ2v) is 5.39. The smallest absolute Gasteiger partial charge is 0.329 e. The summed E-state index contributed by atoms with van der Waals surface area (Å²) in [7, 11) is 0. The highest BCUT2D eigenvalue weighted by Crippen LogP contribution is 2.41. The van der Waals surface area contributed by atoms with E-state index in [9.17, 15) is 18.0 Å². The fraction of sp³-hybridized carbons (Fsp3) is 0.462. The molecular weight excluding hydrogens is 293 g/mol. The predicted octanol–water partition coefficient (Wildman–Crippen LogP) is 3.43. The van der Waals surface area contributed by atoms with E-state index in [1.54, 1.807) is 0 Å². The van der Waals surface area contributed by atoms with Crippen molar-refractivity contribution in [1.29, 1.82) is 0 Å². The van der Waals surface area contributed by atoms with Gasteiger partial charge in [0, 0.05) is 6.54 Å². The van der Waals surface area contributed by atoms with Crippen molar-refractivity contribution in [3.8, 4) is 0 Å². The Hall–Kier alpha value is -1.27. The van der Waals surface area contributed by atoms with Crippen molar-refractivity contribution in [3.05, 3.63) is 28.8 Å². The molecule has 0 spiro atoms. The Morgan fingerprint density at radius 1 is 1.40 bits per heavy atom. The van der Waals surface area contributed by atoms with Crippen molar-refractivity contribution in [3.63, 3.8) is 0 Å². The van der Waals surface area contributed by atoms with Crippen molar-refractivity contribution in [2.75, 3.05) is 11.9 Å². The molecule has 0 unspecified atom stereocenters. The van der Waals surface area contributed by atoms with Gasteiger partial charge >= 0.3 is 6.18 Å². The third kappa shape index (κ3) is 2.76. The lowest BCUT2D eigenvalue weighted by molar-refractivity contribution is -0.137. The van der Waals surface area contributed by atoms with E-state index in [1.165, 1.54) is 0 Å². The Balaban J connectivity index is 2.23. The molecule has 0 aliphatic heterocycles. The summed E-state index contributed by atoms with van der Waals surface area (Å²) in [6.45, 7) is 0.176. The van der Waals surface area contributed by atoms with Crippen LogP contribution < -0.4 is 11.1 Å². The predicted molar refractivity (Wildman–Crippen MR) is 70.4 cm³/mol. The average molecular weight is 307 g/mol. The minimum Gasteiger partial charge on any atom is -0.329 e. The molecule has 110 valence electrons. The zero-order valence-corrected chi connectivity index (χ0v) is 11.3. The Bertz CT molecular complexity index is 521. The van der Waals surface area contributed by atoms with Gasteiger partial charge in [0.2, 0.25) is 5.91 Å². The van der Waals surface area contributed by atoms with Crippen molar-refractivity contribution >= 4 is 23.2 Å². The van der Waals surface area contributed by atoms with Crippen LogP contribution in [0.5, 0.6) is 0 Å². The maximum Gasteiger partial charge on any atom is 0.416 e. The number of anilines is 1. The Morgan fingerprint density at radius 2 is 2.05 bits per heavy atom. The van der Waals surface area contributed by atoms with Crippen LogP contribution in [0.1, 0.15) is 24.8 Å². The van der Waals surface area contributed by atoms with Gasteiger partial charge in [-0.25, -0.2) is 0 Å². The van der Waals surface area contributed by atoms with Gasteiger partial charge in [-0.2, -0.15) is 13.2 Å². The van der Waals surface area contributed by atoms with Gasteiger partial charge in [0.1, 0.15) is 0 Å². The highest BCUT2D eigenvalue weighted by atomic mass is 35.5. The third-order valence-corrected chi connectivity index (χ3v) is 4.05. The highest BCUT2D eigenvalue weighted by molar-refractivity contribution is 6.33. The molecule has 7 heteroatoms. The van der Waals surface area contributed by atoms with Gasteiger partial charge < -0.3 is 11.1 Å². The maximum absolute atomic E-state index is 12.6. The number of nitrogens with one attached hydrogen (secondary N) is 1. The molecule has 0 aromatic heterocycles. The summed E-state index contributed by atoms with van der Waals surface area (Å²) >= 11 is 5.83. The van der Waals surface area contributed by atoms with E-state index in [4.69, 9.17) is 17.3 Å². The van der Waals surface area contributed by atoms with Crippen LogP contribution in [0.15, 0.2) is 18.2 Å². The van der Waals surface area contributed by atoms with E-state index >= 15 is 0 Å². The zero-order valence-electron chi connectivity index (χ0n) is 10.6. The second kappa shape index (κ2) is 5.26. The van der Waals surface area contributed by atoms with E-state index in [2.05, 4.69) is 5.32 Å². The van der Waals surface area contributed by atoms with Crippen LogP contribution in [0.3, 0.4) is 0 Å². The molecule has 1 aromatic carbocycles. The fourth-order valence-electron chi connectivity index (χ4n) is 2.18. The number of rotatable bonds is 3. The molecular formula is C13H14ClF3N2O. The van der Waals surface area contributed by atoms with Gasteiger partial charge in [-0.15, -0.1) is 0 Å². The van der Waals surface area contributed by atoms with Gasteiger partial charge in [0.25, 0.3) is 0 Å². The number of carbonyl (C=O) groups excluding carboxylic acids is 1. The summed E-state index contributed by atoms with van der Waals surface area (Å²) in [5.41, 5.74) is 4.03. The first-order valence-corrected chi connectivity index (χ1v) is 6.54. The monoisotopic (exact) mass is 306 g/mol. The van der Waals surface area contributed by atoms with Gasteiger partial charge in [-0.1, -0.05) is 18.0 Å². The maximum atomic E-state index is 12.6.